The lowest BCUT2D eigenvalue weighted by atomic mass is 9.94. The highest BCUT2D eigenvalue weighted by molar-refractivity contribution is 7.99. The van der Waals surface area contributed by atoms with E-state index < -0.39 is 0 Å². The van der Waals surface area contributed by atoms with E-state index in [0.29, 0.717) is 16.8 Å². The standard InChI is InChI=1S/C18H22N6OS/c1-12-19-18(23-22-12)26-11-17(25)24-8-4-5-13(10-24)9-16-20-14-6-2-3-7-15(14)21-16/h2-3,6-7,13H,4-5,8-11H2,1H3,(H,20,21)(H,19,22,23)/t13-/m1/s1. The smallest absolute Gasteiger partial charge is 0.233 e. The largest absolute Gasteiger partial charge is 0.342 e. The average Bonchev–Trinajstić information content (AvgIpc) is 3.25. The molecule has 1 atom stereocenters. The number of piperidine rings is 1. The molecule has 0 aliphatic carbocycles. The highest BCUT2D eigenvalue weighted by atomic mass is 32.2. The van der Waals surface area contributed by atoms with Crippen molar-refractivity contribution in [3.63, 3.8) is 0 Å². The van der Waals surface area contributed by atoms with Gasteiger partial charge in [-0.15, -0.1) is 5.10 Å². The molecule has 0 unspecified atom stereocenters. The topological polar surface area (TPSA) is 90.6 Å². The number of amides is 1. The van der Waals surface area contributed by atoms with Gasteiger partial charge < -0.3 is 9.88 Å². The van der Waals surface area contributed by atoms with E-state index in [2.05, 4.69) is 25.1 Å². The van der Waals surface area contributed by atoms with Crippen molar-refractivity contribution in [3.8, 4) is 0 Å². The molecule has 0 bridgehead atoms. The maximum absolute atomic E-state index is 12.5. The van der Waals surface area contributed by atoms with E-state index in [9.17, 15) is 4.79 Å². The van der Waals surface area contributed by atoms with E-state index in [0.717, 1.165) is 55.0 Å². The fourth-order valence-electron chi connectivity index (χ4n) is 3.44. The zero-order valence-corrected chi connectivity index (χ0v) is 15.6. The van der Waals surface area contributed by atoms with Crippen molar-refractivity contribution in [2.45, 2.75) is 31.3 Å². The van der Waals surface area contributed by atoms with Gasteiger partial charge in [0.2, 0.25) is 11.1 Å². The van der Waals surface area contributed by atoms with E-state index in [4.69, 9.17) is 0 Å². The Bertz CT molecular complexity index is 871. The number of nitrogens with one attached hydrogen (secondary N) is 2. The molecule has 0 spiro atoms. The number of rotatable bonds is 5. The fourth-order valence-corrected chi connectivity index (χ4v) is 4.19. The minimum atomic E-state index is 0.159. The molecule has 1 aromatic carbocycles. The predicted octanol–water partition coefficient (Wildman–Crippen LogP) is 2.56. The Hall–Kier alpha value is -2.35. The second kappa shape index (κ2) is 7.49. The summed E-state index contributed by atoms with van der Waals surface area (Å²) in [6.07, 6.45) is 3.06. The van der Waals surface area contributed by atoms with Crippen LogP contribution in [0, 0.1) is 12.8 Å². The van der Waals surface area contributed by atoms with Crippen LogP contribution in [-0.2, 0) is 11.2 Å². The number of hydrogen-bond acceptors (Lipinski definition) is 5. The number of hydrogen-bond donors (Lipinski definition) is 2. The molecular formula is C18H22N6OS. The first-order valence-electron chi connectivity index (χ1n) is 8.90. The van der Waals surface area contributed by atoms with Crippen molar-refractivity contribution in [1.29, 1.82) is 0 Å². The summed E-state index contributed by atoms with van der Waals surface area (Å²) in [6.45, 7) is 3.48. The number of carbonyl (C=O) groups excluding carboxylic acids is 1. The first-order chi connectivity index (χ1) is 12.7. The second-order valence-corrected chi connectivity index (χ2v) is 7.69. The number of imidazole rings is 1. The van der Waals surface area contributed by atoms with Crippen LogP contribution in [0.3, 0.4) is 0 Å². The predicted molar refractivity (Wildman–Crippen MR) is 101 cm³/mol. The Morgan fingerprint density at radius 2 is 2.23 bits per heavy atom. The van der Waals surface area contributed by atoms with Crippen LogP contribution in [0.2, 0.25) is 0 Å². The van der Waals surface area contributed by atoms with Gasteiger partial charge in [0, 0.05) is 19.5 Å². The van der Waals surface area contributed by atoms with Crippen molar-refractivity contribution < 1.29 is 4.79 Å². The lowest BCUT2D eigenvalue weighted by molar-refractivity contribution is -0.130. The van der Waals surface area contributed by atoms with E-state index in [1.807, 2.05) is 36.1 Å². The van der Waals surface area contributed by atoms with Crippen molar-refractivity contribution in [2.24, 2.45) is 5.92 Å². The summed E-state index contributed by atoms with van der Waals surface area (Å²) < 4.78 is 0. The molecule has 1 saturated heterocycles. The molecule has 1 fully saturated rings. The lowest BCUT2D eigenvalue weighted by Gasteiger charge is -2.32. The third-order valence-corrected chi connectivity index (χ3v) is 5.53. The number of aromatic amines is 2. The molecule has 2 N–H and O–H groups in total. The van der Waals surface area contributed by atoms with Crippen LogP contribution in [0.5, 0.6) is 0 Å². The summed E-state index contributed by atoms with van der Waals surface area (Å²) in [5, 5.41) is 7.50. The molecular weight excluding hydrogens is 348 g/mol. The van der Waals surface area contributed by atoms with Crippen LogP contribution < -0.4 is 0 Å². The Kier molecular flexibility index (Phi) is 4.92. The van der Waals surface area contributed by atoms with Crippen molar-refractivity contribution in [1.82, 2.24) is 30.0 Å². The van der Waals surface area contributed by atoms with E-state index in [1.165, 1.54) is 11.8 Å². The van der Waals surface area contributed by atoms with Gasteiger partial charge in [-0.2, -0.15) is 0 Å². The fraction of sp³-hybridized carbons (Fsp3) is 0.444. The Balaban J connectivity index is 1.33. The van der Waals surface area contributed by atoms with Crippen LogP contribution in [0.25, 0.3) is 11.0 Å². The van der Waals surface area contributed by atoms with Crippen LogP contribution in [0.4, 0.5) is 0 Å². The Morgan fingerprint density at radius 1 is 1.35 bits per heavy atom. The molecule has 3 heterocycles. The molecule has 1 amide bonds. The molecule has 4 rings (SSSR count). The zero-order chi connectivity index (χ0) is 17.9. The quantitative estimate of drug-likeness (QED) is 0.674. The zero-order valence-electron chi connectivity index (χ0n) is 14.7. The summed E-state index contributed by atoms with van der Waals surface area (Å²) >= 11 is 1.39. The highest BCUT2D eigenvalue weighted by Crippen LogP contribution is 2.22. The Labute approximate surface area is 156 Å². The maximum Gasteiger partial charge on any atom is 0.233 e. The SMILES string of the molecule is Cc1nc(SCC(=O)N2CCC[C@H](Cc3nc4ccccc4[nH]3)C2)n[nH]1. The van der Waals surface area contributed by atoms with Crippen LogP contribution in [-0.4, -0.2) is 54.8 Å². The Morgan fingerprint density at radius 3 is 3.04 bits per heavy atom. The molecule has 1 aliphatic heterocycles. The van der Waals surface area contributed by atoms with Crippen LogP contribution >= 0.6 is 11.8 Å². The summed E-state index contributed by atoms with van der Waals surface area (Å²) in [7, 11) is 0. The monoisotopic (exact) mass is 370 g/mol. The molecule has 26 heavy (non-hydrogen) atoms. The molecule has 3 aromatic rings. The number of aromatic nitrogens is 5. The van der Waals surface area contributed by atoms with Crippen molar-refractivity contribution in [2.75, 3.05) is 18.8 Å². The second-order valence-electron chi connectivity index (χ2n) is 6.74. The molecule has 7 nitrogen and oxygen atoms in total. The van der Waals surface area contributed by atoms with Gasteiger partial charge >= 0.3 is 0 Å². The number of thioether (sulfide) groups is 1. The minimum Gasteiger partial charge on any atom is -0.342 e. The summed E-state index contributed by atoms with van der Waals surface area (Å²) in [5.74, 6) is 2.77. The first kappa shape index (κ1) is 17.1. The average molecular weight is 370 g/mol. The van der Waals surface area contributed by atoms with Gasteiger partial charge in [-0.1, -0.05) is 23.9 Å². The van der Waals surface area contributed by atoms with E-state index in [1.54, 1.807) is 0 Å². The van der Waals surface area contributed by atoms with Crippen LogP contribution in [0.15, 0.2) is 29.4 Å². The number of fused-ring (bicyclic) bond motifs is 1. The summed E-state index contributed by atoms with van der Waals surface area (Å²) in [5.41, 5.74) is 2.08. The summed E-state index contributed by atoms with van der Waals surface area (Å²) in [6, 6.07) is 8.08. The van der Waals surface area contributed by atoms with Gasteiger partial charge in [-0.3, -0.25) is 9.89 Å². The maximum atomic E-state index is 12.5. The van der Waals surface area contributed by atoms with Gasteiger partial charge in [0.1, 0.15) is 11.6 Å². The number of aryl methyl sites for hydroxylation is 1. The van der Waals surface area contributed by atoms with Gasteiger partial charge in [-0.25, -0.2) is 9.97 Å². The molecule has 2 aromatic heterocycles. The van der Waals surface area contributed by atoms with E-state index in [-0.39, 0.29) is 5.91 Å². The minimum absolute atomic E-state index is 0.159. The van der Waals surface area contributed by atoms with Crippen molar-refractivity contribution in [3.05, 3.63) is 35.9 Å². The summed E-state index contributed by atoms with van der Waals surface area (Å²) in [4.78, 5) is 26.8. The number of para-hydroxylation sites is 2. The third-order valence-electron chi connectivity index (χ3n) is 4.69. The normalized spacial score (nSPS) is 17.7. The van der Waals surface area contributed by atoms with Gasteiger partial charge in [0.15, 0.2) is 0 Å². The number of benzene rings is 1. The third kappa shape index (κ3) is 3.90. The number of H-pyrrole nitrogens is 2. The highest BCUT2D eigenvalue weighted by Gasteiger charge is 2.25. The number of likely N-dealkylation sites (tertiary alicyclic amines) is 1. The van der Waals surface area contributed by atoms with Gasteiger partial charge in [-0.05, 0) is 37.8 Å². The molecule has 1 aliphatic rings. The van der Waals surface area contributed by atoms with Gasteiger partial charge in [0.05, 0.1) is 16.8 Å². The van der Waals surface area contributed by atoms with E-state index >= 15 is 0 Å². The molecule has 0 radical (unpaired) electrons. The number of nitrogens with zero attached hydrogens (tertiary/aromatic N) is 4. The molecule has 8 heteroatoms. The van der Waals surface area contributed by atoms with Crippen molar-refractivity contribution >= 4 is 28.7 Å². The van der Waals surface area contributed by atoms with Crippen LogP contribution in [0.1, 0.15) is 24.5 Å². The van der Waals surface area contributed by atoms with Gasteiger partial charge in [0.25, 0.3) is 0 Å². The number of carbonyl (C=O) groups is 1. The molecule has 136 valence electrons. The first-order valence-corrected chi connectivity index (χ1v) is 9.89. The lowest BCUT2D eigenvalue weighted by Crippen LogP contribution is -2.41. The molecule has 0 saturated carbocycles.